The van der Waals surface area contributed by atoms with Crippen LogP contribution in [0, 0.1) is 5.82 Å². The van der Waals surface area contributed by atoms with Crippen LogP contribution in [-0.4, -0.2) is 37.6 Å². The average Bonchev–Trinajstić information content (AvgIpc) is 2.61. The van der Waals surface area contributed by atoms with E-state index in [4.69, 9.17) is 0 Å². The summed E-state index contributed by atoms with van der Waals surface area (Å²) in [6, 6.07) is 9.19. The van der Waals surface area contributed by atoms with E-state index in [0.717, 1.165) is 25.5 Å². The van der Waals surface area contributed by atoms with E-state index in [-0.39, 0.29) is 23.8 Å². The van der Waals surface area contributed by atoms with Gasteiger partial charge in [0.05, 0.1) is 17.5 Å². The van der Waals surface area contributed by atoms with E-state index in [1.165, 1.54) is 18.3 Å². The van der Waals surface area contributed by atoms with Gasteiger partial charge in [0.2, 0.25) is 10.0 Å². The number of nitrogens with zero attached hydrogens (tertiary/aromatic N) is 1. The Hall–Kier alpha value is -2.32. The molecule has 6 nitrogen and oxygen atoms in total. The van der Waals surface area contributed by atoms with Crippen LogP contribution in [0.5, 0.6) is 0 Å². The van der Waals surface area contributed by atoms with Crippen LogP contribution in [0.15, 0.2) is 42.6 Å². The molecule has 144 valence electrons. The Labute approximate surface area is 158 Å². The number of sulfonamides is 1. The minimum absolute atomic E-state index is 0.0894. The fourth-order valence-electron chi connectivity index (χ4n) is 3.35. The summed E-state index contributed by atoms with van der Waals surface area (Å²) >= 11 is 0. The first-order valence-corrected chi connectivity index (χ1v) is 10.7. The molecule has 1 aromatic carbocycles. The Morgan fingerprint density at radius 1 is 1.19 bits per heavy atom. The number of amides is 1. The third-order valence-electron chi connectivity index (χ3n) is 4.54. The van der Waals surface area contributed by atoms with E-state index < -0.39 is 10.0 Å². The molecule has 8 heteroatoms. The van der Waals surface area contributed by atoms with Crippen molar-refractivity contribution < 1.29 is 17.6 Å². The normalized spacial score (nSPS) is 20.2. The van der Waals surface area contributed by atoms with Crippen LogP contribution in [0.4, 0.5) is 4.39 Å². The van der Waals surface area contributed by atoms with Gasteiger partial charge in [-0.2, -0.15) is 0 Å². The zero-order chi connectivity index (χ0) is 19.4. The van der Waals surface area contributed by atoms with Gasteiger partial charge >= 0.3 is 0 Å². The maximum absolute atomic E-state index is 13.3. The summed E-state index contributed by atoms with van der Waals surface area (Å²) in [7, 11) is -3.26. The number of hydrogen-bond donors (Lipinski definition) is 2. The fraction of sp³-hybridized carbons (Fsp3) is 0.368. The molecule has 0 radical (unpaired) electrons. The van der Waals surface area contributed by atoms with E-state index in [9.17, 15) is 17.6 Å². The third-order valence-corrected chi connectivity index (χ3v) is 5.30. The number of hydrogen-bond acceptors (Lipinski definition) is 4. The van der Waals surface area contributed by atoms with Crippen molar-refractivity contribution in [1.29, 1.82) is 0 Å². The Bertz CT molecular complexity index is 916. The van der Waals surface area contributed by atoms with Crippen molar-refractivity contribution in [3.63, 3.8) is 0 Å². The summed E-state index contributed by atoms with van der Waals surface area (Å²) in [5, 5.41) is 2.95. The number of benzene rings is 1. The van der Waals surface area contributed by atoms with Crippen molar-refractivity contribution in [2.24, 2.45) is 0 Å². The quantitative estimate of drug-likeness (QED) is 0.820. The summed E-state index contributed by atoms with van der Waals surface area (Å²) in [5.41, 5.74) is 1.64. The lowest BCUT2D eigenvalue weighted by molar-refractivity contribution is 0.0924. The van der Waals surface area contributed by atoms with Crippen LogP contribution in [0.1, 0.15) is 36.0 Å². The predicted molar refractivity (Wildman–Crippen MR) is 101 cm³/mol. The van der Waals surface area contributed by atoms with Crippen LogP contribution in [0.25, 0.3) is 11.3 Å². The van der Waals surface area contributed by atoms with Gasteiger partial charge in [0, 0.05) is 23.8 Å². The molecule has 1 heterocycles. The summed E-state index contributed by atoms with van der Waals surface area (Å²) in [6.45, 7) is 0. The van der Waals surface area contributed by atoms with E-state index in [1.807, 2.05) is 0 Å². The highest BCUT2D eigenvalue weighted by Crippen LogP contribution is 2.21. The number of aromatic nitrogens is 1. The van der Waals surface area contributed by atoms with Crippen LogP contribution in [0.3, 0.4) is 0 Å². The first kappa shape index (κ1) is 19.4. The number of rotatable bonds is 5. The molecule has 2 atom stereocenters. The van der Waals surface area contributed by atoms with Gasteiger partial charge in [-0.25, -0.2) is 17.5 Å². The Balaban J connectivity index is 1.62. The van der Waals surface area contributed by atoms with Gasteiger partial charge in [-0.3, -0.25) is 9.78 Å². The monoisotopic (exact) mass is 391 g/mol. The molecule has 1 aliphatic carbocycles. The number of halogens is 1. The highest BCUT2D eigenvalue weighted by atomic mass is 32.2. The fourth-order valence-corrected chi connectivity index (χ4v) is 4.17. The van der Waals surface area contributed by atoms with Crippen LogP contribution in [-0.2, 0) is 10.0 Å². The lowest BCUT2D eigenvalue weighted by Gasteiger charge is -2.29. The predicted octanol–water partition coefficient (Wildman–Crippen LogP) is 2.48. The topological polar surface area (TPSA) is 88.2 Å². The number of carbonyl (C=O) groups is 1. The summed E-state index contributed by atoms with van der Waals surface area (Å²) < 4.78 is 38.7. The molecule has 0 bridgehead atoms. The van der Waals surface area contributed by atoms with Crippen molar-refractivity contribution >= 4 is 15.9 Å². The minimum Gasteiger partial charge on any atom is -0.349 e. The smallest absolute Gasteiger partial charge is 0.253 e. The largest absolute Gasteiger partial charge is 0.349 e. The Kier molecular flexibility index (Phi) is 5.86. The van der Waals surface area contributed by atoms with Gasteiger partial charge in [-0.05, 0) is 49.9 Å². The molecule has 0 spiro atoms. The molecule has 0 aliphatic heterocycles. The summed E-state index contributed by atoms with van der Waals surface area (Å²) in [6.07, 6.45) is 5.58. The standard InChI is InChI=1S/C19H22FN3O3S/c1-27(25,26)23-17-7-3-6-16(11-17)22-19(24)14-8-9-18(21-12-14)13-4-2-5-15(20)10-13/h2,4-5,8-10,12,16-17,23H,3,6-7,11H2,1H3,(H,22,24)/t16?,17-/m1/s1. The van der Waals surface area contributed by atoms with Crippen molar-refractivity contribution in [2.75, 3.05) is 6.26 Å². The maximum atomic E-state index is 13.3. The van der Waals surface area contributed by atoms with Crippen LogP contribution in [0.2, 0.25) is 0 Å². The molecule has 1 fully saturated rings. The number of nitrogens with one attached hydrogen (secondary N) is 2. The lowest BCUT2D eigenvalue weighted by atomic mass is 9.91. The maximum Gasteiger partial charge on any atom is 0.253 e. The second-order valence-corrected chi connectivity index (χ2v) is 8.65. The average molecular weight is 391 g/mol. The van der Waals surface area contributed by atoms with Gasteiger partial charge in [0.1, 0.15) is 5.82 Å². The molecule has 1 saturated carbocycles. The molecular formula is C19H22FN3O3S. The molecule has 0 saturated heterocycles. The van der Waals surface area contributed by atoms with Crippen LogP contribution < -0.4 is 10.0 Å². The van der Waals surface area contributed by atoms with Crippen LogP contribution >= 0.6 is 0 Å². The third kappa shape index (κ3) is 5.58. The summed E-state index contributed by atoms with van der Waals surface area (Å²) in [5.74, 6) is -0.594. The molecular weight excluding hydrogens is 369 g/mol. The lowest BCUT2D eigenvalue weighted by Crippen LogP contribution is -2.45. The van der Waals surface area contributed by atoms with Gasteiger partial charge < -0.3 is 5.32 Å². The van der Waals surface area contributed by atoms with Crippen molar-refractivity contribution in [2.45, 2.75) is 37.8 Å². The first-order valence-electron chi connectivity index (χ1n) is 8.80. The molecule has 2 aromatic rings. The molecule has 2 N–H and O–H groups in total. The van der Waals surface area contributed by atoms with Gasteiger partial charge in [-0.15, -0.1) is 0 Å². The van der Waals surface area contributed by atoms with E-state index in [0.29, 0.717) is 23.2 Å². The zero-order valence-electron chi connectivity index (χ0n) is 15.0. The zero-order valence-corrected chi connectivity index (χ0v) is 15.8. The van der Waals surface area contributed by atoms with E-state index >= 15 is 0 Å². The van der Waals surface area contributed by atoms with Crippen molar-refractivity contribution in [3.05, 3.63) is 54.0 Å². The molecule has 1 amide bonds. The Morgan fingerprint density at radius 2 is 1.96 bits per heavy atom. The second-order valence-electron chi connectivity index (χ2n) is 6.87. The second kappa shape index (κ2) is 8.14. The number of carbonyl (C=O) groups excluding carboxylic acids is 1. The molecule has 3 rings (SSSR count). The first-order chi connectivity index (χ1) is 12.8. The van der Waals surface area contributed by atoms with Gasteiger partial charge in [-0.1, -0.05) is 12.1 Å². The highest BCUT2D eigenvalue weighted by molar-refractivity contribution is 7.88. The minimum atomic E-state index is -3.26. The molecule has 27 heavy (non-hydrogen) atoms. The van der Waals surface area contributed by atoms with Gasteiger partial charge in [0.25, 0.3) is 5.91 Å². The van der Waals surface area contributed by atoms with E-state index in [1.54, 1.807) is 24.3 Å². The number of pyridine rings is 1. The SMILES string of the molecule is CS(=O)(=O)N[C@@H]1CCCC(NC(=O)c2ccc(-c3cccc(F)c3)nc2)C1. The van der Waals surface area contributed by atoms with Crippen molar-refractivity contribution in [3.8, 4) is 11.3 Å². The molecule has 1 unspecified atom stereocenters. The summed E-state index contributed by atoms with van der Waals surface area (Å²) in [4.78, 5) is 16.7. The highest BCUT2D eigenvalue weighted by Gasteiger charge is 2.25. The van der Waals surface area contributed by atoms with Crippen molar-refractivity contribution in [1.82, 2.24) is 15.0 Å². The Morgan fingerprint density at radius 3 is 2.63 bits per heavy atom. The van der Waals surface area contributed by atoms with E-state index in [2.05, 4.69) is 15.0 Å². The molecule has 1 aliphatic rings. The van der Waals surface area contributed by atoms with Gasteiger partial charge in [0.15, 0.2) is 0 Å². The molecule has 1 aromatic heterocycles.